The van der Waals surface area contributed by atoms with E-state index >= 15 is 0 Å². The van der Waals surface area contributed by atoms with Gasteiger partial charge < -0.3 is 10.6 Å². The summed E-state index contributed by atoms with van der Waals surface area (Å²) in [6.45, 7) is 0. The van der Waals surface area contributed by atoms with E-state index in [9.17, 15) is 0 Å². The van der Waals surface area contributed by atoms with Crippen LogP contribution in [-0.4, -0.2) is 28.3 Å². The molecular weight excluding hydrogens is 188 g/mol. The summed E-state index contributed by atoms with van der Waals surface area (Å²) in [6, 6.07) is 5.58. The lowest BCUT2D eigenvalue weighted by molar-refractivity contribution is 0.411. The number of fused-ring (bicyclic) bond motifs is 2. The van der Waals surface area contributed by atoms with Gasteiger partial charge in [0.25, 0.3) is 0 Å². The molecule has 0 radical (unpaired) electrons. The predicted molar refractivity (Wildman–Crippen MR) is 58.5 cm³/mol. The average molecular weight is 204 g/mol. The second kappa shape index (κ2) is 3.45. The van der Waals surface area contributed by atoms with Gasteiger partial charge in [-0.1, -0.05) is 0 Å². The fourth-order valence-electron chi connectivity index (χ4n) is 3.02. The van der Waals surface area contributed by atoms with Crippen LogP contribution in [0.4, 0.5) is 5.82 Å². The zero-order valence-corrected chi connectivity index (χ0v) is 8.71. The number of rotatable bonds is 1. The molecule has 2 N–H and O–H groups in total. The first-order valence-corrected chi connectivity index (χ1v) is 5.66. The van der Waals surface area contributed by atoms with Gasteiger partial charge in [-0.2, -0.15) is 5.10 Å². The molecule has 2 bridgehead atoms. The van der Waals surface area contributed by atoms with Crippen LogP contribution in [0.3, 0.4) is 0 Å². The van der Waals surface area contributed by atoms with Gasteiger partial charge in [0.15, 0.2) is 5.82 Å². The maximum absolute atomic E-state index is 6.03. The molecule has 1 aromatic rings. The summed E-state index contributed by atoms with van der Waals surface area (Å²) in [5, 5.41) is 8.16. The van der Waals surface area contributed by atoms with Gasteiger partial charge in [0.2, 0.25) is 0 Å². The van der Waals surface area contributed by atoms with E-state index in [0.717, 1.165) is 18.7 Å². The van der Waals surface area contributed by atoms with Gasteiger partial charge in [-0.15, -0.1) is 5.10 Å². The van der Waals surface area contributed by atoms with Crippen molar-refractivity contribution < 1.29 is 0 Å². The monoisotopic (exact) mass is 204 g/mol. The molecule has 3 atom stereocenters. The third-order valence-corrected chi connectivity index (χ3v) is 3.59. The Bertz CT molecular complexity index is 326. The average Bonchev–Trinajstić information content (AvgIpc) is 2.53. The smallest absolute Gasteiger partial charge is 0.151 e. The van der Waals surface area contributed by atoms with Gasteiger partial charge >= 0.3 is 0 Å². The fourth-order valence-corrected chi connectivity index (χ4v) is 3.02. The maximum atomic E-state index is 6.03. The lowest BCUT2D eigenvalue weighted by atomic mass is 9.98. The Morgan fingerprint density at radius 1 is 1.27 bits per heavy atom. The largest absolute Gasteiger partial charge is 0.349 e. The molecule has 4 heteroatoms. The first-order valence-electron chi connectivity index (χ1n) is 5.66. The summed E-state index contributed by atoms with van der Waals surface area (Å²) in [5.41, 5.74) is 6.03. The predicted octanol–water partition coefficient (Wildman–Crippen LogP) is 0.935. The lowest BCUT2D eigenvalue weighted by Gasteiger charge is -2.38. The minimum atomic E-state index is 0.385. The van der Waals surface area contributed by atoms with E-state index in [4.69, 9.17) is 5.73 Å². The number of nitrogens with two attached hydrogens (primary N) is 1. The molecule has 0 spiro atoms. The Labute approximate surface area is 89.5 Å². The van der Waals surface area contributed by atoms with Crippen LogP contribution >= 0.6 is 0 Å². The van der Waals surface area contributed by atoms with E-state index in [1.807, 2.05) is 6.07 Å². The maximum Gasteiger partial charge on any atom is 0.151 e. The first kappa shape index (κ1) is 9.09. The van der Waals surface area contributed by atoms with Crippen LogP contribution < -0.4 is 10.6 Å². The van der Waals surface area contributed by atoms with Crippen molar-refractivity contribution in [3.8, 4) is 0 Å². The van der Waals surface area contributed by atoms with Gasteiger partial charge in [0.1, 0.15) is 0 Å². The van der Waals surface area contributed by atoms with Crippen molar-refractivity contribution in [1.29, 1.82) is 0 Å². The van der Waals surface area contributed by atoms with Crippen LogP contribution in [0.15, 0.2) is 18.3 Å². The molecular formula is C11H16N4. The van der Waals surface area contributed by atoms with E-state index in [1.54, 1.807) is 6.20 Å². The molecule has 0 amide bonds. The van der Waals surface area contributed by atoms with Gasteiger partial charge in [0.05, 0.1) is 0 Å². The van der Waals surface area contributed by atoms with Crippen molar-refractivity contribution >= 4 is 5.82 Å². The van der Waals surface area contributed by atoms with Gasteiger partial charge in [0, 0.05) is 24.3 Å². The van der Waals surface area contributed by atoms with Crippen LogP contribution in [0.5, 0.6) is 0 Å². The number of anilines is 1. The third-order valence-electron chi connectivity index (χ3n) is 3.59. The van der Waals surface area contributed by atoms with Crippen molar-refractivity contribution in [2.75, 3.05) is 4.90 Å². The summed E-state index contributed by atoms with van der Waals surface area (Å²) in [4.78, 5) is 2.43. The molecule has 3 rings (SSSR count). The number of hydrogen-bond acceptors (Lipinski definition) is 4. The number of hydrogen-bond donors (Lipinski definition) is 1. The van der Waals surface area contributed by atoms with E-state index in [1.165, 1.54) is 12.8 Å². The fraction of sp³-hybridized carbons (Fsp3) is 0.636. The molecule has 2 saturated heterocycles. The molecule has 2 fully saturated rings. The van der Waals surface area contributed by atoms with Crippen molar-refractivity contribution in [2.24, 2.45) is 5.73 Å². The Balaban J connectivity index is 1.89. The van der Waals surface area contributed by atoms with E-state index in [2.05, 4.69) is 21.2 Å². The second-order valence-electron chi connectivity index (χ2n) is 4.61. The minimum absolute atomic E-state index is 0.385. The molecule has 80 valence electrons. The Morgan fingerprint density at radius 2 is 2.00 bits per heavy atom. The highest BCUT2D eigenvalue weighted by molar-refractivity contribution is 5.42. The highest BCUT2D eigenvalue weighted by atomic mass is 15.3. The van der Waals surface area contributed by atoms with Crippen LogP contribution in [0.1, 0.15) is 25.7 Å². The summed E-state index contributed by atoms with van der Waals surface area (Å²) in [7, 11) is 0. The number of nitrogens with zero attached hydrogens (tertiary/aromatic N) is 3. The lowest BCUT2D eigenvalue weighted by Crippen LogP contribution is -2.47. The van der Waals surface area contributed by atoms with Gasteiger partial charge in [-0.25, -0.2) is 0 Å². The Kier molecular flexibility index (Phi) is 2.09. The molecule has 0 saturated carbocycles. The van der Waals surface area contributed by atoms with E-state index < -0.39 is 0 Å². The highest BCUT2D eigenvalue weighted by Crippen LogP contribution is 2.37. The molecule has 0 aromatic carbocycles. The number of aromatic nitrogens is 2. The second-order valence-corrected chi connectivity index (χ2v) is 4.61. The van der Waals surface area contributed by atoms with Gasteiger partial charge in [-0.3, -0.25) is 0 Å². The van der Waals surface area contributed by atoms with Crippen molar-refractivity contribution in [3.63, 3.8) is 0 Å². The van der Waals surface area contributed by atoms with Crippen LogP contribution in [0.2, 0.25) is 0 Å². The normalized spacial score (nSPS) is 34.5. The van der Waals surface area contributed by atoms with Crippen LogP contribution in [0.25, 0.3) is 0 Å². The van der Waals surface area contributed by atoms with Gasteiger partial charge in [-0.05, 0) is 37.8 Å². The molecule has 4 nitrogen and oxygen atoms in total. The zero-order valence-electron chi connectivity index (χ0n) is 8.71. The first-order chi connectivity index (χ1) is 7.34. The summed E-state index contributed by atoms with van der Waals surface area (Å²) >= 11 is 0. The molecule has 15 heavy (non-hydrogen) atoms. The number of piperidine rings is 1. The Hall–Kier alpha value is -1.16. The topological polar surface area (TPSA) is 55.0 Å². The van der Waals surface area contributed by atoms with Crippen molar-refractivity contribution in [3.05, 3.63) is 18.3 Å². The summed E-state index contributed by atoms with van der Waals surface area (Å²) in [5.74, 6) is 1.02. The van der Waals surface area contributed by atoms with Crippen LogP contribution in [-0.2, 0) is 0 Å². The molecule has 0 aliphatic carbocycles. The Morgan fingerprint density at radius 3 is 2.60 bits per heavy atom. The highest BCUT2D eigenvalue weighted by Gasteiger charge is 2.40. The van der Waals surface area contributed by atoms with Crippen molar-refractivity contribution in [2.45, 2.75) is 43.8 Å². The summed E-state index contributed by atoms with van der Waals surface area (Å²) < 4.78 is 0. The standard InChI is InChI=1S/C11H16N4/c12-8-6-9-3-4-10(7-8)15(9)11-2-1-5-13-14-11/h1-2,5,8-10H,3-4,6-7,12H2/t8?,9-,10+. The van der Waals surface area contributed by atoms with Crippen molar-refractivity contribution in [1.82, 2.24) is 10.2 Å². The SMILES string of the molecule is NC1C[C@H]2CC[C@@H](C1)N2c1cccnn1. The summed E-state index contributed by atoms with van der Waals surface area (Å²) in [6.07, 6.45) is 6.45. The molecule has 2 aliphatic rings. The quantitative estimate of drug-likeness (QED) is 0.739. The molecule has 1 aromatic heterocycles. The molecule has 1 unspecified atom stereocenters. The molecule has 2 aliphatic heterocycles. The van der Waals surface area contributed by atoms with E-state index in [-0.39, 0.29) is 0 Å². The van der Waals surface area contributed by atoms with Crippen LogP contribution in [0, 0.1) is 0 Å². The zero-order chi connectivity index (χ0) is 10.3. The minimum Gasteiger partial charge on any atom is -0.349 e. The molecule has 3 heterocycles. The van der Waals surface area contributed by atoms with E-state index in [0.29, 0.717) is 18.1 Å². The third kappa shape index (κ3) is 1.49.